The van der Waals surface area contributed by atoms with E-state index in [4.69, 9.17) is 5.73 Å². The van der Waals surface area contributed by atoms with Gasteiger partial charge in [-0.3, -0.25) is 4.79 Å². The number of anilines is 1. The highest BCUT2D eigenvalue weighted by Crippen LogP contribution is 2.23. The Morgan fingerprint density at radius 2 is 2.47 bits per heavy atom. The summed E-state index contributed by atoms with van der Waals surface area (Å²) in [6.07, 6.45) is 1.74. The summed E-state index contributed by atoms with van der Waals surface area (Å²) < 4.78 is 0.935. The van der Waals surface area contributed by atoms with Crippen LogP contribution in [-0.2, 0) is 4.79 Å². The number of rotatable bonds is 2. The van der Waals surface area contributed by atoms with Crippen molar-refractivity contribution in [1.29, 1.82) is 0 Å². The molecule has 1 unspecified atom stereocenters. The fourth-order valence-electron chi connectivity index (χ4n) is 2.05. The Labute approximate surface area is 109 Å². The first-order valence-electron chi connectivity index (χ1n) is 5.48. The van der Waals surface area contributed by atoms with Gasteiger partial charge in [-0.2, -0.15) is 0 Å². The van der Waals surface area contributed by atoms with Gasteiger partial charge in [0, 0.05) is 30.3 Å². The highest BCUT2D eigenvalue weighted by Gasteiger charge is 2.28. The van der Waals surface area contributed by atoms with Crippen LogP contribution in [0.2, 0.25) is 0 Å². The van der Waals surface area contributed by atoms with E-state index in [-0.39, 0.29) is 11.9 Å². The summed E-state index contributed by atoms with van der Waals surface area (Å²) in [4.78, 5) is 17.8. The molecule has 92 valence electrons. The molecule has 2 rings (SSSR count). The lowest BCUT2D eigenvalue weighted by atomic mass is 10.1. The van der Waals surface area contributed by atoms with E-state index >= 15 is 0 Å². The Morgan fingerprint density at radius 3 is 3.12 bits per heavy atom. The van der Waals surface area contributed by atoms with Crippen LogP contribution in [0.25, 0.3) is 0 Å². The fourth-order valence-corrected chi connectivity index (χ4v) is 2.49. The van der Waals surface area contributed by atoms with Crippen molar-refractivity contribution in [2.45, 2.75) is 13.0 Å². The number of hydrogen-bond donors (Lipinski definition) is 2. The molecule has 0 bridgehead atoms. The van der Waals surface area contributed by atoms with E-state index in [0.717, 1.165) is 28.9 Å². The van der Waals surface area contributed by atoms with Gasteiger partial charge in [-0.15, -0.1) is 0 Å². The maximum atomic E-state index is 11.4. The third kappa shape index (κ3) is 2.58. The largest absolute Gasteiger partial charge is 0.368 e. The van der Waals surface area contributed by atoms with E-state index in [1.54, 1.807) is 6.20 Å². The molecule has 0 spiro atoms. The first-order chi connectivity index (χ1) is 8.09. The smallest absolute Gasteiger partial charge is 0.241 e. The lowest BCUT2D eigenvalue weighted by Crippen LogP contribution is -2.57. The number of nitrogens with zero attached hydrogens (tertiary/aromatic N) is 2. The number of nitrogens with one attached hydrogen (secondary N) is 1. The molecular formula is C11H15BrN4O. The number of carbonyl (C=O) groups excluding carboxylic acids is 1. The molecule has 0 aromatic carbocycles. The predicted octanol–water partition coefficient (Wildman–Crippen LogP) is 0.416. The monoisotopic (exact) mass is 298 g/mol. The third-order valence-electron chi connectivity index (χ3n) is 2.86. The summed E-state index contributed by atoms with van der Waals surface area (Å²) in [7, 11) is 0. The number of primary amides is 1. The molecule has 1 atom stereocenters. The lowest BCUT2D eigenvalue weighted by molar-refractivity contribution is -0.119. The summed E-state index contributed by atoms with van der Waals surface area (Å²) in [5, 5.41) is 3.17. The van der Waals surface area contributed by atoms with Crippen LogP contribution in [-0.4, -0.2) is 36.6 Å². The van der Waals surface area contributed by atoms with Gasteiger partial charge in [-0.05, 0) is 34.5 Å². The van der Waals surface area contributed by atoms with E-state index in [1.807, 2.05) is 17.9 Å². The molecule has 17 heavy (non-hydrogen) atoms. The summed E-state index contributed by atoms with van der Waals surface area (Å²) >= 11 is 3.38. The molecule has 5 nitrogen and oxygen atoms in total. The van der Waals surface area contributed by atoms with Crippen LogP contribution in [0, 0.1) is 6.92 Å². The first kappa shape index (κ1) is 12.3. The van der Waals surface area contributed by atoms with Crippen LogP contribution in [0.3, 0.4) is 0 Å². The number of halogens is 1. The molecule has 1 aliphatic heterocycles. The van der Waals surface area contributed by atoms with Crippen molar-refractivity contribution in [2.75, 3.05) is 24.5 Å². The average Bonchev–Trinajstić information content (AvgIpc) is 2.29. The molecule has 1 amide bonds. The number of amides is 1. The van der Waals surface area contributed by atoms with Crippen molar-refractivity contribution in [3.63, 3.8) is 0 Å². The summed E-state index contributed by atoms with van der Waals surface area (Å²) in [5.74, 6) is 0.514. The Kier molecular flexibility index (Phi) is 3.63. The zero-order valence-electron chi connectivity index (χ0n) is 9.61. The number of piperazine rings is 1. The molecule has 2 heterocycles. The molecular weight excluding hydrogens is 284 g/mol. The van der Waals surface area contributed by atoms with E-state index in [0.29, 0.717) is 6.54 Å². The minimum absolute atomic E-state index is 0.318. The van der Waals surface area contributed by atoms with Crippen molar-refractivity contribution < 1.29 is 4.79 Å². The van der Waals surface area contributed by atoms with Gasteiger partial charge in [0.05, 0.1) is 0 Å². The number of hydrogen-bond acceptors (Lipinski definition) is 4. The Morgan fingerprint density at radius 1 is 1.71 bits per heavy atom. The second-order valence-electron chi connectivity index (χ2n) is 4.11. The molecule has 0 saturated carbocycles. The normalized spacial score (nSPS) is 20.4. The van der Waals surface area contributed by atoms with Crippen LogP contribution in [0.1, 0.15) is 5.56 Å². The molecule has 1 saturated heterocycles. The number of aryl methyl sites for hydroxylation is 1. The highest BCUT2D eigenvalue weighted by atomic mass is 79.9. The molecule has 1 aromatic rings. The summed E-state index contributed by atoms with van der Waals surface area (Å²) in [6.45, 7) is 4.13. The molecule has 0 aliphatic carbocycles. The van der Waals surface area contributed by atoms with Crippen molar-refractivity contribution in [3.05, 3.63) is 22.3 Å². The van der Waals surface area contributed by atoms with E-state index in [9.17, 15) is 4.79 Å². The first-order valence-corrected chi connectivity index (χ1v) is 6.27. The zero-order valence-corrected chi connectivity index (χ0v) is 11.2. The fraction of sp³-hybridized carbons (Fsp3) is 0.455. The standard InChI is InChI=1S/C11H15BrN4O/c1-7-4-8(12)5-15-11(7)16-3-2-14-6-9(16)10(13)17/h4-5,9,14H,2-3,6H2,1H3,(H2,13,17). The van der Waals surface area contributed by atoms with Crippen molar-refractivity contribution in [1.82, 2.24) is 10.3 Å². The number of pyridine rings is 1. The Hall–Kier alpha value is -1.14. The van der Waals surface area contributed by atoms with E-state index in [1.165, 1.54) is 0 Å². The minimum Gasteiger partial charge on any atom is -0.368 e. The number of nitrogens with two attached hydrogens (primary N) is 1. The number of carbonyl (C=O) groups is 1. The van der Waals surface area contributed by atoms with Crippen LogP contribution in [0.5, 0.6) is 0 Å². The van der Waals surface area contributed by atoms with Gasteiger partial charge < -0.3 is 16.0 Å². The molecule has 1 aliphatic rings. The van der Waals surface area contributed by atoms with Crippen molar-refractivity contribution >= 4 is 27.7 Å². The van der Waals surface area contributed by atoms with Gasteiger partial charge in [-0.25, -0.2) is 4.98 Å². The quantitative estimate of drug-likeness (QED) is 0.830. The predicted molar refractivity (Wildman–Crippen MR) is 69.9 cm³/mol. The SMILES string of the molecule is Cc1cc(Br)cnc1N1CCNCC1C(N)=O. The van der Waals surface area contributed by atoms with Gasteiger partial charge in [-0.1, -0.05) is 0 Å². The summed E-state index contributed by atoms with van der Waals surface area (Å²) in [5.41, 5.74) is 6.45. The second kappa shape index (κ2) is 5.01. The molecule has 6 heteroatoms. The van der Waals surface area contributed by atoms with Gasteiger partial charge in [0.1, 0.15) is 11.9 Å². The maximum absolute atomic E-state index is 11.4. The molecule has 0 radical (unpaired) electrons. The van der Waals surface area contributed by atoms with Gasteiger partial charge >= 0.3 is 0 Å². The summed E-state index contributed by atoms with van der Waals surface area (Å²) in [6, 6.07) is 1.67. The minimum atomic E-state index is -0.323. The Bertz CT molecular complexity index is 437. The zero-order chi connectivity index (χ0) is 12.4. The van der Waals surface area contributed by atoms with E-state index < -0.39 is 0 Å². The van der Waals surface area contributed by atoms with Crippen molar-refractivity contribution in [3.8, 4) is 0 Å². The van der Waals surface area contributed by atoms with Gasteiger partial charge in [0.25, 0.3) is 0 Å². The van der Waals surface area contributed by atoms with Gasteiger partial charge in [0.2, 0.25) is 5.91 Å². The van der Waals surface area contributed by atoms with Crippen LogP contribution in [0.4, 0.5) is 5.82 Å². The third-order valence-corrected chi connectivity index (χ3v) is 3.29. The molecule has 1 fully saturated rings. The lowest BCUT2D eigenvalue weighted by Gasteiger charge is -2.35. The maximum Gasteiger partial charge on any atom is 0.241 e. The highest BCUT2D eigenvalue weighted by molar-refractivity contribution is 9.10. The van der Waals surface area contributed by atoms with Crippen molar-refractivity contribution in [2.24, 2.45) is 5.73 Å². The van der Waals surface area contributed by atoms with Crippen LogP contribution >= 0.6 is 15.9 Å². The average molecular weight is 299 g/mol. The Balaban J connectivity index is 2.32. The number of aromatic nitrogens is 1. The van der Waals surface area contributed by atoms with Crippen LogP contribution in [0.15, 0.2) is 16.7 Å². The topological polar surface area (TPSA) is 71.2 Å². The van der Waals surface area contributed by atoms with Gasteiger partial charge in [0.15, 0.2) is 0 Å². The second-order valence-corrected chi connectivity index (χ2v) is 5.03. The molecule has 3 N–H and O–H groups in total. The molecule has 1 aromatic heterocycles. The van der Waals surface area contributed by atoms with E-state index in [2.05, 4.69) is 26.2 Å². The van der Waals surface area contributed by atoms with Crippen LogP contribution < -0.4 is 16.0 Å².